The minimum Gasteiger partial charge on any atom is -0.457 e. The fourth-order valence-corrected chi connectivity index (χ4v) is 2.86. The highest BCUT2D eigenvalue weighted by atomic mass is 35.5. The van der Waals surface area contributed by atoms with Gasteiger partial charge in [0.25, 0.3) is 0 Å². The van der Waals surface area contributed by atoms with E-state index < -0.39 is 0 Å². The van der Waals surface area contributed by atoms with Gasteiger partial charge in [-0.05, 0) is 54.5 Å². The Labute approximate surface area is 125 Å². The summed E-state index contributed by atoms with van der Waals surface area (Å²) in [5.41, 5.74) is 1.19. The quantitative estimate of drug-likeness (QED) is 0.631. The summed E-state index contributed by atoms with van der Waals surface area (Å²) in [7, 11) is 0. The summed E-state index contributed by atoms with van der Waals surface area (Å²) in [4.78, 5) is 0. The van der Waals surface area contributed by atoms with Crippen molar-refractivity contribution in [2.24, 2.45) is 11.8 Å². The van der Waals surface area contributed by atoms with Crippen LogP contribution in [0.5, 0.6) is 11.5 Å². The van der Waals surface area contributed by atoms with E-state index in [1.165, 1.54) is 18.4 Å². The molecule has 3 rings (SSSR count). The molecule has 20 heavy (non-hydrogen) atoms. The van der Waals surface area contributed by atoms with Gasteiger partial charge in [-0.3, -0.25) is 0 Å². The van der Waals surface area contributed by atoms with Crippen LogP contribution in [0.4, 0.5) is 0 Å². The number of halogens is 1. The average Bonchev–Trinajstić information content (AvgIpc) is 3.32. The van der Waals surface area contributed by atoms with Crippen molar-refractivity contribution in [1.29, 1.82) is 0 Å². The van der Waals surface area contributed by atoms with Crippen molar-refractivity contribution < 1.29 is 4.74 Å². The number of rotatable bonds is 5. The standard InChI is InChI=1S/C18H19ClO/c1-13(14-7-8-14)18(19)15-9-11-17(12-10-15)20-16-5-3-2-4-6-16/h2-6,9-14,18H,7-8H2,1H3. The van der Waals surface area contributed by atoms with Crippen LogP contribution in [0.25, 0.3) is 0 Å². The number of ether oxygens (including phenoxy) is 1. The van der Waals surface area contributed by atoms with E-state index in [4.69, 9.17) is 16.3 Å². The number of hydrogen-bond donors (Lipinski definition) is 0. The van der Waals surface area contributed by atoms with Crippen LogP contribution in [-0.2, 0) is 0 Å². The molecule has 2 aromatic carbocycles. The fraction of sp³-hybridized carbons (Fsp3) is 0.333. The van der Waals surface area contributed by atoms with Crippen molar-refractivity contribution >= 4 is 11.6 Å². The van der Waals surface area contributed by atoms with E-state index in [0.717, 1.165) is 17.4 Å². The summed E-state index contributed by atoms with van der Waals surface area (Å²) in [5.74, 6) is 3.08. The Morgan fingerprint density at radius 1 is 0.950 bits per heavy atom. The second-order valence-electron chi connectivity index (χ2n) is 5.58. The van der Waals surface area contributed by atoms with Gasteiger partial charge in [-0.25, -0.2) is 0 Å². The average molecular weight is 287 g/mol. The zero-order valence-corrected chi connectivity index (χ0v) is 12.4. The van der Waals surface area contributed by atoms with Gasteiger partial charge < -0.3 is 4.74 Å². The Morgan fingerprint density at radius 2 is 1.55 bits per heavy atom. The normalized spacial score (nSPS) is 17.5. The summed E-state index contributed by atoms with van der Waals surface area (Å²) in [6, 6.07) is 18.0. The predicted octanol–water partition coefficient (Wildman–Crippen LogP) is 5.80. The number of hydrogen-bond acceptors (Lipinski definition) is 1. The molecule has 0 aliphatic heterocycles. The molecule has 0 saturated heterocycles. The van der Waals surface area contributed by atoms with Gasteiger partial charge in [0.2, 0.25) is 0 Å². The molecule has 0 bridgehead atoms. The Morgan fingerprint density at radius 3 is 2.15 bits per heavy atom. The van der Waals surface area contributed by atoms with Crippen LogP contribution >= 0.6 is 11.6 Å². The topological polar surface area (TPSA) is 9.23 Å². The molecule has 0 radical (unpaired) electrons. The van der Waals surface area contributed by atoms with Crippen LogP contribution in [0.2, 0.25) is 0 Å². The van der Waals surface area contributed by atoms with Crippen LogP contribution in [-0.4, -0.2) is 0 Å². The molecule has 1 saturated carbocycles. The molecule has 2 heteroatoms. The molecule has 0 N–H and O–H groups in total. The van der Waals surface area contributed by atoms with Crippen LogP contribution in [0.15, 0.2) is 54.6 Å². The lowest BCUT2D eigenvalue weighted by Crippen LogP contribution is -2.05. The summed E-state index contributed by atoms with van der Waals surface area (Å²) in [5, 5.41) is 0.105. The Kier molecular flexibility index (Phi) is 3.98. The molecule has 1 nitrogen and oxygen atoms in total. The van der Waals surface area contributed by atoms with Gasteiger partial charge in [0, 0.05) is 0 Å². The first-order valence-electron chi connectivity index (χ1n) is 7.21. The van der Waals surface area contributed by atoms with E-state index >= 15 is 0 Å². The smallest absolute Gasteiger partial charge is 0.127 e. The molecule has 0 amide bonds. The second kappa shape index (κ2) is 5.88. The molecule has 1 aliphatic rings. The van der Waals surface area contributed by atoms with Crippen molar-refractivity contribution in [1.82, 2.24) is 0 Å². The first-order valence-corrected chi connectivity index (χ1v) is 7.64. The molecular formula is C18H19ClO. The molecule has 0 aromatic heterocycles. The second-order valence-corrected chi connectivity index (χ2v) is 6.05. The minimum atomic E-state index is 0.105. The fourth-order valence-electron chi connectivity index (χ4n) is 2.51. The van der Waals surface area contributed by atoms with Crippen LogP contribution < -0.4 is 4.74 Å². The van der Waals surface area contributed by atoms with Crippen molar-refractivity contribution in [3.8, 4) is 11.5 Å². The lowest BCUT2D eigenvalue weighted by molar-refractivity contribution is 0.478. The third kappa shape index (κ3) is 3.16. The molecule has 0 heterocycles. The van der Waals surface area contributed by atoms with E-state index in [1.54, 1.807) is 0 Å². The highest BCUT2D eigenvalue weighted by Crippen LogP contribution is 2.45. The summed E-state index contributed by atoms with van der Waals surface area (Å²) < 4.78 is 5.79. The van der Waals surface area contributed by atoms with E-state index in [1.807, 2.05) is 42.5 Å². The van der Waals surface area contributed by atoms with E-state index in [-0.39, 0.29) is 5.38 Å². The van der Waals surface area contributed by atoms with E-state index in [0.29, 0.717) is 5.92 Å². The molecular weight excluding hydrogens is 268 g/mol. The molecule has 104 valence electrons. The molecule has 0 spiro atoms. The third-order valence-electron chi connectivity index (χ3n) is 4.00. The van der Waals surface area contributed by atoms with Gasteiger partial charge in [0.05, 0.1) is 5.38 Å². The van der Waals surface area contributed by atoms with Gasteiger partial charge in [-0.1, -0.05) is 37.3 Å². The SMILES string of the molecule is CC(C1CC1)C(Cl)c1ccc(Oc2ccccc2)cc1. The predicted molar refractivity (Wildman–Crippen MR) is 83.4 cm³/mol. The maximum absolute atomic E-state index is 6.56. The van der Waals surface area contributed by atoms with Crippen LogP contribution in [0.3, 0.4) is 0 Å². The van der Waals surface area contributed by atoms with Gasteiger partial charge in [0.15, 0.2) is 0 Å². The van der Waals surface area contributed by atoms with Crippen LogP contribution in [0.1, 0.15) is 30.7 Å². The molecule has 1 fully saturated rings. The zero-order chi connectivity index (χ0) is 13.9. The molecule has 2 unspecified atom stereocenters. The Bertz CT molecular complexity index is 545. The van der Waals surface area contributed by atoms with Crippen molar-refractivity contribution in [2.45, 2.75) is 25.1 Å². The lowest BCUT2D eigenvalue weighted by Gasteiger charge is -2.18. The molecule has 1 aliphatic carbocycles. The van der Waals surface area contributed by atoms with E-state index in [2.05, 4.69) is 19.1 Å². The third-order valence-corrected chi connectivity index (χ3v) is 4.65. The monoisotopic (exact) mass is 286 g/mol. The van der Waals surface area contributed by atoms with E-state index in [9.17, 15) is 0 Å². The maximum atomic E-state index is 6.56. The maximum Gasteiger partial charge on any atom is 0.127 e. The zero-order valence-electron chi connectivity index (χ0n) is 11.6. The summed E-state index contributed by atoms with van der Waals surface area (Å²) in [6.07, 6.45) is 2.67. The first-order chi connectivity index (χ1) is 9.74. The number of para-hydroxylation sites is 1. The largest absolute Gasteiger partial charge is 0.457 e. The van der Waals surface area contributed by atoms with Gasteiger partial charge in [-0.15, -0.1) is 11.6 Å². The van der Waals surface area contributed by atoms with Crippen molar-refractivity contribution in [3.63, 3.8) is 0 Å². The van der Waals surface area contributed by atoms with Gasteiger partial charge >= 0.3 is 0 Å². The summed E-state index contributed by atoms with van der Waals surface area (Å²) in [6.45, 7) is 2.25. The molecule has 2 aromatic rings. The van der Waals surface area contributed by atoms with Crippen molar-refractivity contribution in [3.05, 3.63) is 60.2 Å². The highest BCUT2D eigenvalue weighted by Gasteiger charge is 2.32. The number of alkyl halides is 1. The van der Waals surface area contributed by atoms with Gasteiger partial charge in [-0.2, -0.15) is 0 Å². The first kappa shape index (κ1) is 13.5. The number of benzene rings is 2. The Balaban J connectivity index is 1.68. The summed E-state index contributed by atoms with van der Waals surface area (Å²) >= 11 is 6.56. The molecule has 2 atom stereocenters. The van der Waals surface area contributed by atoms with Gasteiger partial charge in [0.1, 0.15) is 11.5 Å². The van der Waals surface area contributed by atoms with Crippen LogP contribution in [0, 0.1) is 11.8 Å². The Hall–Kier alpha value is -1.47. The highest BCUT2D eigenvalue weighted by molar-refractivity contribution is 6.21. The lowest BCUT2D eigenvalue weighted by atomic mass is 9.96. The van der Waals surface area contributed by atoms with Crippen molar-refractivity contribution in [2.75, 3.05) is 0 Å². The minimum absolute atomic E-state index is 0.105.